The summed E-state index contributed by atoms with van der Waals surface area (Å²) < 4.78 is 5.04. The average molecular weight is 220 g/mol. The first-order valence-electron chi connectivity index (χ1n) is 4.78. The molecule has 1 rings (SSSR count). The molecule has 3 unspecified atom stereocenters. The van der Waals surface area contributed by atoms with Gasteiger partial charge in [0.05, 0.1) is 6.10 Å². The number of hydrogen-bond donors (Lipinski definition) is 4. The second-order valence-electron chi connectivity index (χ2n) is 4.08. The largest absolute Gasteiger partial charge is 0.479 e. The first-order chi connectivity index (χ1) is 6.86. The van der Waals surface area contributed by atoms with E-state index in [2.05, 4.69) is 0 Å². The number of hydrogen-bond acceptors (Lipinski definition) is 5. The van der Waals surface area contributed by atoms with Gasteiger partial charge in [-0.25, -0.2) is 4.79 Å². The van der Waals surface area contributed by atoms with Gasteiger partial charge < -0.3 is 25.2 Å². The molecular weight excluding hydrogens is 204 g/mol. The Bertz CT molecular complexity index is 241. The highest BCUT2D eigenvalue weighted by atomic mass is 16.6. The molecule has 0 aliphatic carbocycles. The summed E-state index contributed by atoms with van der Waals surface area (Å²) in [6, 6.07) is 0. The van der Waals surface area contributed by atoms with Crippen LogP contribution in [0.4, 0.5) is 0 Å². The fourth-order valence-electron chi connectivity index (χ4n) is 1.66. The van der Waals surface area contributed by atoms with Crippen LogP contribution in [-0.2, 0) is 9.53 Å². The number of carboxylic acid groups (broad SMARTS) is 1. The molecule has 15 heavy (non-hydrogen) atoms. The summed E-state index contributed by atoms with van der Waals surface area (Å²) in [6.45, 7) is 3.47. The van der Waals surface area contributed by atoms with Gasteiger partial charge in [-0.15, -0.1) is 0 Å². The van der Waals surface area contributed by atoms with Crippen molar-refractivity contribution in [2.45, 2.75) is 44.4 Å². The van der Waals surface area contributed by atoms with Gasteiger partial charge in [-0.3, -0.25) is 0 Å². The lowest BCUT2D eigenvalue weighted by Gasteiger charge is -2.40. The van der Waals surface area contributed by atoms with Crippen LogP contribution < -0.4 is 0 Å². The molecule has 4 N–H and O–H groups in total. The fourth-order valence-corrected chi connectivity index (χ4v) is 1.66. The van der Waals surface area contributed by atoms with E-state index in [4.69, 9.17) is 9.84 Å². The highest BCUT2D eigenvalue weighted by Gasteiger charge is 2.47. The van der Waals surface area contributed by atoms with E-state index in [-0.39, 0.29) is 5.92 Å². The number of aliphatic carboxylic acids is 1. The Balaban J connectivity index is 2.85. The molecule has 5 atom stereocenters. The standard InChI is InChI=1S/C9H16O6/c1-3(2)7-5(11)4(10)6(12)8(15-7)9(13)14/h3-8,10-12H,1-2H3,(H,13,14)/t4?,5?,6-,7+,8?/m1/s1. The van der Waals surface area contributed by atoms with E-state index in [1.54, 1.807) is 13.8 Å². The zero-order valence-electron chi connectivity index (χ0n) is 8.57. The Labute approximate surface area is 87.1 Å². The maximum atomic E-state index is 10.7. The maximum Gasteiger partial charge on any atom is 0.335 e. The number of aliphatic hydroxyl groups excluding tert-OH is 3. The Hall–Kier alpha value is -0.690. The zero-order valence-corrected chi connectivity index (χ0v) is 8.57. The first kappa shape index (κ1) is 12.4. The van der Waals surface area contributed by atoms with Crippen molar-refractivity contribution in [1.82, 2.24) is 0 Å². The molecular formula is C9H16O6. The first-order valence-corrected chi connectivity index (χ1v) is 4.78. The molecule has 6 nitrogen and oxygen atoms in total. The topological polar surface area (TPSA) is 107 Å². The van der Waals surface area contributed by atoms with E-state index >= 15 is 0 Å². The van der Waals surface area contributed by atoms with Crippen molar-refractivity contribution >= 4 is 5.97 Å². The summed E-state index contributed by atoms with van der Waals surface area (Å²) in [5, 5.41) is 37.1. The number of carboxylic acids is 1. The zero-order chi connectivity index (χ0) is 11.7. The van der Waals surface area contributed by atoms with Crippen molar-refractivity contribution in [3.63, 3.8) is 0 Å². The molecule has 1 heterocycles. The molecule has 0 saturated carbocycles. The number of rotatable bonds is 2. The van der Waals surface area contributed by atoms with Crippen LogP contribution in [0.5, 0.6) is 0 Å². The molecule has 1 saturated heterocycles. The number of carbonyl (C=O) groups is 1. The third-order valence-electron chi connectivity index (χ3n) is 2.55. The maximum absolute atomic E-state index is 10.7. The highest BCUT2D eigenvalue weighted by molar-refractivity contribution is 5.73. The smallest absolute Gasteiger partial charge is 0.335 e. The molecule has 0 radical (unpaired) electrons. The highest BCUT2D eigenvalue weighted by Crippen LogP contribution is 2.25. The van der Waals surface area contributed by atoms with Crippen LogP contribution in [0.25, 0.3) is 0 Å². The van der Waals surface area contributed by atoms with E-state index in [9.17, 15) is 20.1 Å². The Morgan fingerprint density at radius 3 is 2.07 bits per heavy atom. The normalized spacial score (nSPS) is 41.9. The molecule has 1 aliphatic rings. The van der Waals surface area contributed by atoms with Crippen LogP contribution in [0.1, 0.15) is 13.8 Å². The summed E-state index contributed by atoms with van der Waals surface area (Å²) in [5.74, 6) is -1.50. The lowest BCUT2D eigenvalue weighted by atomic mass is 9.89. The van der Waals surface area contributed by atoms with Crippen LogP contribution >= 0.6 is 0 Å². The number of ether oxygens (including phenoxy) is 1. The van der Waals surface area contributed by atoms with Crippen molar-refractivity contribution in [3.05, 3.63) is 0 Å². The van der Waals surface area contributed by atoms with Gasteiger partial charge in [-0.05, 0) is 5.92 Å². The molecule has 0 bridgehead atoms. The van der Waals surface area contributed by atoms with Gasteiger partial charge in [-0.1, -0.05) is 13.8 Å². The molecule has 0 aromatic carbocycles. The monoisotopic (exact) mass is 220 g/mol. The van der Waals surface area contributed by atoms with Gasteiger partial charge in [0.1, 0.15) is 18.3 Å². The van der Waals surface area contributed by atoms with E-state index in [1.165, 1.54) is 0 Å². The van der Waals surface area contributed by atoms with E-state index < -0.39 is 36.5 Å². The second kappa shape index (κ2) is 4.44. The Morgan fingerprint density at radius 2 is 1.67 bits per heavy atom. The predicted octanol–water partition coefficient (Wildman–Crippen LogP) is -1.42. The van der Waals surface area contributed by atoms with Crippen molar-refractivity contribution < 1.29 is 30.0 Å². The minimum atomic E-state index is -1.60. The molecule has 0 spiro atoms. The van der Waals surface area contributed by atoms with Crippen molar-refractivity contribution in [2.24, 2.45) is 5.92 Å². The van der Waals surface area contributed by atoms with E-state index in [0.29, 0.717) is 0 Å². The summed E-state index contributed by atoms with van der Waals surface area (Å²) in [6.07, 6.45) is -6.64. The quantitative estimate of drug-likeness (QED) is 0.455. The number of aliphatic hydroxyl groups is 3. The van der Waals surface area contributed by atoms with Crippen LogP contribution in [0.2, 0.25) is 0 Å². The van der Waals surface area contributed by atoms with Gasteiger partial charge in [0.25, 0.3) is 0 Å². The van der Waals surface area contributed by atoms with Crippen LogP contribution in [-0.4, -0.2) is 56.9 Å². The molecule has 1 aliphatic heterocycles. The van der Waals surface area contributed by atoms with Gasteiger partial charge in [0.2, 0.25) is 0 Å². The summed E-state index contributed by atoms with van der Waals surface area (Å²) in [4.78, 5) is 10.7. The average Bonchev–Trinajstić information content (AvgIpc) is 2.13. The summed E-state index contributed by atoms with van der Waals surface area (Å²) in [5.41, 5.74) is 0. The van der Waals surface area contributed by atoms with Crippen LogP contribution in [0, 0.1) is 5.92 Å². The fraction of sp³-hybridized carbons (Fsp3) is 0.889. The summed E-state index contributed by atoms with van der Waals surface area (Å²) >= 11 is 0. The van der Waals surface area contributed by atoms with Gasteiger partial charge in [-0.2, -0.15) is 0 Å². The third kappa shape index (κ3) is 2.28. The van der Waals surface area contributed by atoms with Crippen LogP contribution in [0.15, 0.2) is 0 Å². The molecule has 6 heteroatoms. The molecule has 0 aromatic rings. The van der Waals surface area contributed by atoms with Crippen molar-refractivity contribution in [2.75, 3.05) is 0 Å². The Morgan fingerprint density at radius 1 is 1.13 bits per heavy atom. The minimum Gasteiger partial charge on any atom is -0.479 e. The van der Waals surface area contributed by atoms with Crippen LogP contribution in [0.3, 0.4) is 0 Å². The minimum absolute atomic E-state index is 0.149. The van der Waals surface area contributed by atoms with Gasteiger partial charge in [0, 0.05) is 0 Å². The molecule has 88 valence electrons. The SMILES string of the molecule is CC(C)[C@@H]1OC(C(=O)O)[C@H](O)C(O)C1O. The second-order valence-corrected chi connectivity index (χ2v) is 4.08. The third-order valence-corrected chi connectivity index (χ3v) is 2.55. The summed E-state index contributed by atoms with van der Waals surface area (Å²) in [7, 11) is 0. The lowest BCUT2D eigenvalue weighted by molar-refractivity contribution is -0.235. The van der Waals surface area contributed by atoms with Gasteiger partial charge in [0.15, 0.2) is 6.10 Å². The molecule has 0 amide bonds. The van der Waals surface area contributed by atoms with Crippen molar-refractivity contribution in [3.8, 4) is 0 Å². The predicted molar refractivity (Wildman–Crippen MR) is 49.2 cm³/mol. The van der Waals surface area contributed by atoms with E-state index in [0.717, 1.165) is 0 Å². The van der Waals surface area contributed by atoms with Crippen molar-refractivity contribution in [1.29, 1.82) is 0 Å². The lowest BCUT2D eigenvalue weighted by Crippen LogP contribution is -2.60. The molecule has 0 aromatic heterocycles. The molecule has 1 fully saturated rings. The Kier molecular flexibility index (Phi) is 3.67. The van der Waals surface area contributed by atoms with E-state index in [1.807, 2.05) is 0 Å². The van der Waals surface area contributed by atoms with Gasteiger partial charge >= 0.3 is 5.97 Å².